The van der Waals surface area contributed by atoms with Gasteiger partial charge in [0.25, 0.3) is 0 Å². The summed E-state index contributed by atoms with van der Waals surface area (Å²) in [5.41, 5.74) is 1.03. The lowest BCUT2D eigenvalue weighted by Crippen LogP contribution is -2.17. The van der Waals surface area contributed by atoms with Crippen molar-refractivity contribution in [3.8, 4) is 5.75 Å². The van der Waals surface area contributed by atoms with Crippen LogP contribution in [0.15, 0.2) is 24.3 Å². The number of hydrogen-bond donors (Lipinski definition) is 1. The van der Waals surface area contributed by atoms with Crippen molar-refractivity contribution >= 4 is 0 Å². The predicted octanol–water partition coefficient (Wildman–Crippen LogP) is 3.91. The fourth-order valence-electron chi connectivity index (χ4n) is 1.74. The summed E-state index contributed by atoms with van der Waals surface area (Å²) in [5, 5.41) is 3.31. The van der Waals surface area contributed by atoms with E-state index in [1.54, 1.807) is 12.1 Å². The van der Waals surface area contributed by atoms with Gasteiger partial charge in [-0.1, -0.05) is 19.1 Å². The normalized spacial score (nSPS) is 11.6. The Labute approximate surface area is 112 Å². The molecule has 0 heterocycles. The molecule has 0 saturated heterocycles. The van der Waals surface area contributed by atoms with E-state index in [1.807, 2.05) is 0 Å². The summed E-state index contributed by atoms with van der Waals surface area (Å²) in [5.74, 6) is -0.166. The summed E-state index contributed by atoms with van der Waals surface area (Å²) in [4.78, 5) is 0. The lowest BCUT2D eigenvalue weighted by molar-refractivity contribution is -0.274. The van der Waals surface area contributed by atoms with E-state index in [4.69, 9.17) is 0 Å². The first-order valence-corrected chi connectivity index (χ1v) is 6.56. The molecular formula is C14H20F3NO. The van der Waals surface area contributed by atoms with Crippen molar-refractivity contribution < 1.29 is 17.9 Å². The molecule has 0 unspecified atom stereocenters. The highest BCUT2D eigenvalue weighted by Gasteiger charge is 2.30. The van der Waals surface area contributed by atoms with E-state index < -0.39 is 6.36 Å². The van der Waals surface area contributed by atoms with E-state index >= 15 is 0 Å². The van der Waals surface area contributed by atoms with Crippen LogP contribution in [0.2, 0.25) is 0 Å². The molecule has 0 amide bonds. The summed E-state index contributed by atoms with van der Waals surface area (Å²) < 4.78 is 39.7. The molecule has 0 spiro atoms. The fraction of sp³-hybridized carbons (Fsp3) is 0.571. The molecule has 0 radical (unpaired) electrons. The van der Waals surface area contributed by atoms with Gasteiger partial charge in [-0.2, -0.15) is 0 Å². The van der Waals surface area contributed by atoms with Gasteiger partial charge >= 0.3 is 6.36 Å². The van der Waals surface area contributed by atoms with E-state index in [0.717, 1.165) is 44.3 Å². The van der Waals surface area contributed by atoms with E-state index in [1.165, 1.54) is 12.1 Å². The first-order valence-electron chi connectivity index (χ1n) is 6.56. The largest absolute Gasteiger partial charge is 0.573 e. The Balaban J connectivity index is 2.25. The number of hydrogen-bond acceptors (Lipinski definition) is 2. The molecule has 0 bridgehead atoms. The van der Waals surface area contributed by atoms with Crippen molar-refractivity contribution in [2.45, 2.75) is 39.0 Å². The van der Waals surface area contributed by atoms with Gasteiger partial charge in [0.15, 0.2) is 0 Å². The molecular weight excluding hydrogens is 255 g/mol. The highest BCUT2D eigenvalue weighted by molar-refractivity contribution is 5.27. The predicted molar refractivity (Wildman–Crippen MR) is 69.2 cm³/mol. The molecule has 0 atom stereocenters. The quantitative estimate of drug-likeness (QED) is 0.726. The van der Waals surface area contributed by atoms with Gasteiger partial charge in [0.2, 0.25) is 0 Å². The highest BCUT2D eigenvalue weighted by Crippen LogP contribution is 2.23. The minimum atomic E-state index is -4.62. The first kappa shape index (κ1) is 15.8. The minimum Gasteiger partial charge on any atom is -0.406 e. The molecule has 1 N–H and O–H groups in total. The van der Waals surface area contributed by atoms with Crippen molar-refractivity contribution in [1.29, 1.82) is 0 Å². The number of rotatable bonds is 8. The second-order valence-electron chi connectivity index (χ2n) is 4.40. The Hall–Kier alpha value is -1.23. The molecule has 1 aromatic rings. The monoisotopic (exact) mass is 275 g/mol. The average Bonchev–Trinajstić information content (AvgIpc) is 2.34. The zero-order valence-corrected chi connectivity index (χ0v) is 11.1. The summed E-state index contributed by atoms with van der Waals surface area (Å²) in [6.07, 6.45) is -0.524. The molecule has 0 aliphatic carbocycles. The van der Waals surface area contributed by atoms with Gasteiger partial charge in [0, 0.05) is 0 Å². The molecule has 0 aliphatic rings. The number of alkyl halides is 3. The van der Waals surface area contributed by atoms with Crippen LogP contribution in [-0.4, -0.2) is 19.5 Å². The number of nitrogens with one attached hydrogen (secondary N) is 1. The maximum Gasteiger partial charge on any atom is 0.573 e. The van der Waals surface area contributed by atoms with Crippen molar-refractivity contribution in [3.05, 3.63) is 29.8 Å². The van der Waals surface area contributed by atoms with Gasteiger partial charge in [-0.25, -0.2) is 0 Å². The van der Waals surface area contributed by atoms with Crippen LogP contribution >= 0.6 is 0 Å². The van der Waals surface area contributed by atoms with Crippen molar-refractivity contribution in [2.24, 2.45) is 0 Å². The lowest BCUT2D eigenvalue weighted by Gasteiger charge is -2.09. The van der Waals surface area contributed by atoms with Crippen molar-refractivity contribution in [3.63, 3.8) is 0 Å². The minimum absolute atomic E-state index is 0.166. The van der Waals surface area contributed by atoms with Crippen LogP contribution in [0.3, 0.4) is 0 Å². The summed E-state index contributed by atoms with van der Waals surface area (Å²) >= 11 is 0. The van der Waals surface area contributed by atoms with Crippen LogP contribution < -0.4 is 10.1 Å². The zero-order chi connectivity index (χ0) is 14.1. The molecule has 1 aromatic carbocycles. The Morgan fingerprint density at radius 1 is 1.05 bits per heavy atom. The van der Waals surface area contributed by atoms with Crippen LogP contribution in [0.5, 0.6) is 5.75 Å². The topological polar surface area (TPSA) is 21.3 Å². The van der Waals surface area contributed by atoms with E-state index in [9.17, 15) is 13.2 Å². The summed E-state index contributed by atoms with van der Waals surface area (Å²) in [6.45, 7) is 4.14. The van der Waals surface area contributed by atoms with Crippen LogP contribution in [0.1, 0.15) is 31.7 Å². The van der Waals surface area contributed by atoms with Crippen LogP contribution in [0, 0.1) is 0 Å². The Morgan fingerprint density at radius 3 is 2.32 bits per heavy atom. The number of halogens is 3. The van der Waals surface area contributed by atoms with Crippen LogP contribution in [-0.2, 0) is 6.42 Å². The highest BCUT2D eigenvalue weighted by atomic mass is 19.4. The molecule has 0 aliphatic heterocycles. The third-order valence-electron chi connectivity index (χ3n) is 2.65. The first-order chi connectivity index (χ1) is 9.01. The van der Waals surface area contributed by atoms with E-state index in [2.05, 4.69) is 17.0 Å². The van der Waals surface area contributed by atoms with Gasteiger partial charge in [-0.05, 0) is 56.5 Å². The van der Waals surface area contributed by atoms with E-state index in [-0.39, 0.29) is 5.75 Å². The van der Waals surface area contributed by atoms with Gasteiger partial charge in [0.05, 0.1) is 0 Å². The van der Waals surface area contributed by atoms with Gasteiger partial charge in [0.1, 0.15) is 5.75 Å². The van der Waals surface area contributed by atoms with Gasteiger partial charge in [-0.3, -0.25) is 0 Å². The molecule has 5 heteroatoms. The number of ether oxygens (including phenoxy) is 1. The third kappa shape index (κ3) is 7.72. The van der Waals surface area contributed by atoms with E-state index in [0.29, 0.717) is 0 Å². The third-order valence-corrected chi connectivity index (χ3v) is 2.65. The maximum absolute atomic E-state index is 12.0. The number of aryl methyl sites for hydroxylation is 1. The SMILES string of the molecule is CCCNCCCCc1ccc(OC(F)(F)F)cc1. The maximum atomic E-state index is 12.0. The van der Waals surface area contributed by atoms with Crippen molar-refractivity contribution in [1.82, 2.24) is 5.32 Å². The zero-order valence-electron chi connectivity index (χ0n) is 11.1. The van der Waals surface area contributed by atoms with Crippen LogP contribution in [0.25, 0.3) is 0 Å². The lowest BCUT2D eigenvalue weighted by atomic mass is 10.1. The van der Waals surface area contributed by atoms with Crippen LogP contribution in [0.4, 0.5) is 13.2 Å². The molecule has 0 aromatic heterocycles. The Morgan fingerprint density at radius 2 is 1.74 bits per heavy atom. The van der Waals surface area contributed by atoms with Crippen molar-refractivity contribution in [2.75, 3.05) is 13.1 Å². The fourth-order valence-corrected chi connectivity index (χ4v) is 1.74. The molecule has 1 rings (SSSR count). The Bertz CT molecular complexity index is 349. The number of unbranched alkanes of at least 4 members (excludes halogenated alkanes) is 1. The summed E-state index contributed by atoms with van der Waals surface area (Å²) in [6, 6.07) is 6.08. The smallest absolute Gasteiger partial charge is 0.406 e. The average molecular weight is 275 g/mol. The molecule has 2 nitrogen and oxygen atoms in total. The second-order valence-corrected chi connectivity index (χ2v) is 4.40. The molecule has 0 saturated carbocycles. The molecule has 19 heavy (non-hydrogen) atoms. The summed E-state index contributed by atoms with van der Waals surface area (Å²) in [7, 11) is 0. The Kier molecular flexibility index (Phi) is 6.70. The number of benzene rings is 1. The molecule has 0 fully saturated rings. The van der Waals surface area contributed by atoms with Gasteiger partial charge in [-0.15, -0.1) is 13.2 Å². The standard InChI is InChI=1S/C14H20F3NO/c1-2-10-18-11-4-3-5-12-6-8-13(9-7-12)19-14(15,16)17/h6-9,18H,2-5,10-11H2,1H3. The molecule has 108 valence electrons. The van der Waals surface area contributed by atoms with Gasteiger partial charge < -0.3 is 10.1 Å². The second kappa shape index (κ2) is 8.04.